The fourth-order valence-corrected chi connectivity index (χ4v) is 1.44. The van der Waals surface area contributed by atoms with Crippen molar-refractivity contribution in [3.63, 3.8) is 0 Å². The zero-order valence-electron chi connectivity index (χ0n) is 9.95. The van der Waals surface area contributed by atoms with Gasteiger partial charge in [0.2, 0.25) is 0 Å². The largest absolute Gasteiger partial charge is 0.260 e. The van der Waals surface area contributed by atoms with Crippen molar-refractivity contribution >= 4 is 17.1 Å². The maximum absolute atomic E-state index is 10.7. The van der Waals surface area contributed by atoms with Crippen LogP contribution in [0.25, 0.3) is 0 Å². The maximum Gasteiger partial charge on any atom is 0.185 e. The van der Waals surface area contributed by atoms with Crippen LogP contribution < -0.4 is 0 Å². The van der Waals surface area contributed by atoms with Crippen LogP contribution in [0.3, 0.4) is 0 Å². The van der Waals surface area contributed by atoms with Gasteiger partial charge in [0.25, 0.3) is 0 Å². The zero-order chi connectivity index (χ0) is 13.3. The van der Waals surface area contributed by atoms with Gasteiger partial charge in [-0.25, -0.2) is 0 Å². The van der Waals surface area contributed by atoms with Crippen molar-refractivity contribution in [2.45, 2.75) is 13.8 Å². The fourth-order valence-electron chi connectivity index (χ4n) is 1.44. The van der Waals surface area contributed by atoms with E-state index in [1.54, 1.807) is 0 Å². The van der Waals surface area contributed by atoms with Gasteiger partial charge >= 0.3 is 0 Å². The van der Waals surface area contributed by atoms with Crippen molar-refractivity contribution in [1.82, 2.24) is 0 Å². The van der Waals surface area contributed by atoms with Crippen molar-refractivity contribution in [1.29, 1.82) is 0 Å². The molecule has 0 saturated heterocycles. The molecule has 0 fully saturated rings. The summed E-state index contributed by atoms with van der Waals surface area (Å²) in [7, 11) is 0. The number of nitro benzene ring substituents is 3. The summed E-state index contributed by atoms with van der Waals surface area (Å²) in [6.45, 7) is 2.31. The van der Waals surface area contributed by atoms with Gasteiger partial charge < -0.3 is 0 Å². The molecular formula is C8H6N3O6Y2-. The number of hydrogen-bond acceptors (Lipinski definition) is 6. The molecule has 1 aromatic rings. The molecule has 2 radical (unpaired) electrons. The third kappa shape index (κ3) is 4.30. The minimum Gasteiger partial charge on any atom is -0.260 e. The SMILES string of the molecule is Cc1c([N+](=O)[O-])[c-]c([N+](=O)[O-])c(C)c1[N+](=O)[O-].[Y].[Y]. The van der Waals surface area contributed by atoms with Gasteiger partial charge in [0, 0.05) is 80.2 Å². The molecule has 0 bridgehead atoms. The van der Waals surface area contributed by atoms with Crippen molar-refractivity contribution in [3.8, 4) is 0 Å². The van der Waals surface area contributed by atoms with E-state index in [0.717, 1.165) is 13.8 Å². The van der Waals surface area contributed by atoms with Crippen molar-refractivity contribution in [3.05, 3.63) is 47.5 Å². The first kappa shape index (κ1) is 20.9. The minimum absolute atomic E-state index is 0. The molecule has 11 heteroatoms. The van der Waals surface area contributed by atoms with E-state index in [0.29, 0.717) is 0 Å². The molecule has 0 aliphatic heterocycles. The second-order valence-corrected chi connectivity index (χ2v) is 3.19. The van der Waals surface area contributed by atoms with E-state index in [1.165, 1.54) is 0 Å². The molecule has 0 heterocycles. The van der Waals surface area contributed by atoms with Crippen molar-refractivity contribution in [2.24, 2.45) is 0 Å². The Bertz CT molecular complexity index is 510. The second-order valence-electron chi connectivity index (χ2n) is 3.19. The molecule has 96 valence electrons. The molecule has 0 amide bonds. The van der Waals surface area contributed by atoms with E-state index < -0.39 is 31.8 Å². The third-order valence-corrected chi connectivity index (χ3v) is 2.21. The normalized spacial score (nSPS) is 8.95. The Morgan fingerprint density at radius 1 is 0.789 bits per heavy atom. The Morgan fingerprint density at radius 3 is 1.32 bits per heavy atom. The Labute approximate surface area is 157 Å². The van der Waals surface area contributed by atoms with Crippen LogP contribution >= 0.6 is 0 Å². The van der Waals surface area contributed by atoms with Crippen LogP contribution in [0.2, 0.25) is 0 Å². The van der Waals surface area contributed by atoms with E-state index >= 15 is 0 Å². The molecule has 0 saturated carbocycles. The monoisotopic (exact) mass is 418 g/mol. The van der Waals surface area contributed by atoms with Crippen LogP contribution in [-0.2, 0) is 65.4 Å². The average molecular weight is 418 g/mol. The fraction of sp³-hybridized carbons (Fsp3) is 0.250. The minimum atomic E-state index is -0.936. The predicted molar refractivity (Wildman–Crippen MR) is 54.7 cm³/mol. The number of rotatable bonds is 3. The molecule has 0 spiro atoms. The summed E-state index contributed by atoms with van der Waals surface area (Å²) in [6.07, 6.45) is 0. The van der Waals surface area contributed by atoms with Gasteiger partial charge in [0.05, 0.1) is 0 Å². The average Bonchev–Trinajstić information content (AvgIpc) is 2.15. The first-order valence-corrected chi connectivity index (χ1v) is 4.27. The number of nitro groups is 3. The Morgan fingerprint density at radius 2 is 1.11 bits per heavy atom. The Kier molecular flexibility index (Phi) is 8.85. The second kappa shape index (κ2) is 8.04. The summed E-state index contributed by atoms with van der Waals surface area (Å²) in [5, 5.41) is 32.0. The maximum atomic E-state index is 10.7. The van der Waals surface area contributed by atoms with Gasteiger partial charge in [-0.15, -0.1) is 0 Å². The van der Waals surface area contributed by atoms with Gasteiger partial charge in [0.15, 0.2) is 17.1 Å². The predicted octanol–water partition coefficient (Wildman–Crippen LogP) is 1.82. The molecule has 0 atom stereocenters. The van der Waals surface area contributed by atoms with Crippen LogP contribution in [0.15, 0.2) is 0 Å². The van der Waals surface area contributed by atoms with Crippen LogP contribution in [-0.4, -0.2) is 14.8 Å². The summed E-state index contributed by atoms with van der Waals surface area (Å²) in [6, 6.07) is 1.97. The first-order valence-electron chi connectivity index (χ1n) is 4.27. The van der Waals surface area contributed by atoms with Crippen LogP contribution in [0, 0.1) is 50.3 Å². The van der Waals surface area contributed by atoms with Gasteiger partial charge in [-0.05, 0) is 17.2 Å². The summed E-state index contributed by atoms with van der Waals surface area (Å²) in [4.78, 5) is 29.2. The molecule has 0 unspecified atom stereocenters. The summed E-state index contributed by atoms with van der Waals surface area (Å²) >= 11 is 0. The molecule has 0 aliphatic rings. The van der Waals surface area contributed by atoms with Gasteiger partial charge in [-0.3, -0.25) is 30.3 Å². The van der Waals surface area contributed by atoms with Crippen LogP contribution in [0.5, 0.6) is 0 Å². The summed E-state index contributed by atoms with van der Waals surface area (Å²) in [5.41, 5.74) is -2.63. The molecule has 19 heavy (non-hydrogen) atoms. The zero-order valence-corrected chi connectivity index (χ0v) is 15.6. The molecule has 0 aromatic heterocycles. The van der Waals surface area contributed by atoms with E-state index in [2.05, 4.69) is 0 Å². The molecule has 1 aromatic carbocycles. The molecule has 1 rings (SSSR count). The summed E-state index contributed by atoms with van der Waals surface area (Å²) < 4.78 is 0. The van der Waals surface area contributed by atoms with Crippen molar-refractivity contribution in [2.75, 3.05) is 0 Å². The molecule has 9 nitrogen and oxygen atoms in total. The Hall–Kier alpha value is -0.372. The number of hydrogen-bond donors (Lipinski definition) is 0. The van der Waals surface area contributed by atoms with Crippen molar-refractivity contribution < 1.29 is 80.2 Å². The van der Waals surface area contributed by atoms with E-state index in [9.17, 15) is 30.3 Å². The van der Waals surface area contributed by atoms with Gasteiger partial charge in [0.1, 0.15) is 0 Å². The summed E-state index contributed by atoms with van der Waals surface area (Å²) in [5.74, 6) is 0. The van der Waals surface area contributed by atoms with Gasteiger partial charge in [-0.2, -0.15) is 0 Å². The van der Waals surface area contributed by atoms with E-state index in [-0.39, 0.29) is 76.5 Å². The van der Waals surface area contributed by atoms with Crippen LogP contribution in [0.4, 0.5) is 17.1 Å². The Balaban J connectivity index is 0. The topological polar surface area (TPSA) is 129 Å². The molecule has 0 N–H and O–H groups in total. The van der Waals surface area contributed by atoms with E-state index in [4.69, 9.17) is 0 Å². The van der Waals surface area contributed by atoms with Crippen LogP contribution in [0.1, 0.15) is 11.1 Å². The standard InChI is InChI=1S/C8H6N3O6.2Y/c1-4-6(9(12)13)3-7(10(14)15)5(2)8(4)11(16)17;;/h1-2H3;;/q-1;;. The smallest absolute Gasteiger partial charge is 0.185 e. The first-order chi connectivity index (χ1) is 7.77. The number of benzene rings is 1. The third-order valence-electron chi connectivity index (χ3n) is 2.21. The number of nitrogens with zero attached hydrogens (tertiary/aromatic N) is 3. The van der Waals surface area contributed by atoms with Gasteiger partial charge in [-0.1, -0.05) is 13.8 Å². The quantitative estimate of drug-likeness (QED) is 0.419. The molecule has 0 aliphatic carbocycles. The molecular weight excluding hydrogens is 412 g/mol. The van der Waals surface area contributed by atoms with E-state index in [1.807, 2.05) is 6.07 Å².